The summed E-state index contributed by atoms with van der Waals surface area (Å²) < 4.78 is 0. The third-order valence-electron chi connectivity index (χ3n) is 3.80. The van der Waals surface area contributed by atoms with Gasteiger partial charge in [0.2, 0.25) is 0 Å². The van der Waals surface area contributed by atoms with Crippen molar-refractivity contribution in [3.63, 3.8) is 0 Å². The van der Waals surface area contributed by atoms with Crippen LogP contribution in [0, 0.1) is 22.2 Å². The summed E-state index contributed by atoms with van der Waals surface area (Å²) in [6, 6.07) is 2.96. The fourth-order valence-electron chi connectivity index (χ4n) is 3.85. The number of rotatable bonds is 1. The Labute approximate surface area is 86.9 Å². The Morgan fingerprint density at radius 3 is 2.71 bits per heavy atom. The summed E-state index contributed by atoms with van der Waals surface area (Å²) in [4.78, 5) is 2.38. The van der Waals surface area contributed by atoms with Gasteiger partial charge in [-0.25, -0.2) is 0 Å². The van der Waals surface area contributed by atoms with Crippen molar-refractivity contribution in [2.24, 2.45) is 10.8 Å². The summed E-state index contributed by atoms with van der Waals surface area (Å²) in [6.45, 7) is 8.88. The van der Waals surface area contributed by atoms with Crippen LogP contribution in [-0.2, 0) is 0 Å². The van der Waals surface area contributed by atoms with E-state index in [0.29, 0.717) is 23.4 Å². The molecule has 0 aromatic carbocycles. The molecule has 0 aromatic heterocycles. The standard InChI is InChI=1S/C12H20N2/c1-11(2)6-10-7-12(3,8-11)9-14(10)5-4-13/h10H,5-9H2,1-3H3. The van der Waals surface area contributed by atoms with Crippen LogP contribution in [-0.4, -0.2) is 24.0 Å². The van der Waals surface area contributed by atoms with E-state index in [9.17, 15) is 0 Å². The second-order valence-electron chi connectivity index (χ2n) is 6.28. The van der Waals surface area contributed by atoms with Crippen molar-refractivity contribution in [2.45, 2.75) is 46.1 Å². The molecular formula is C12H20N2. The van der Waals surface area contributed by atoms with Crippen molar-refractivity contribution < 1.29 is 0 Å². The van der Waals surface area contributed by atoms with E-state index in [0.717, 1.165) is 6.54 Å². The minimum absolute atomic E-state index is 0.474. The average molecular weight is 192 g/mol. The van der Waals surface area contributed by atoms with E-state index in [1.54, 1.807) is 0 Å². The van der Waals surface area contributed by atoms with E-state index in [4.69, 9.17) is 5.26 Å². The van der Waals surface area contributed by atoms with Crippen molar-refractivity contribution in [1.82, 2.24) is 4.90 Å². The Hall–Kier alpha value is -0.550. The van der Waals surface area contributed by atoms with Crippen LogP contribution in [0.25, 0.3) is 0 Å². The quantitative estimate of drug-likeness (QED) is 0.596. The number of hydrogen-bond acceptors (Lipinski definition) is 2. The van der Waals surface area contributed by atoms with Gasteiger partial charge in [-0.3, -0.25) is 4.90 Å². The lowest BCUT2D eigenvalue weighted by molar-refractivity contribution is 0.129. The zero-order valence-electron chi connectivity index (χ0n) is 9.51. The number of nitriles is 1. The Morgan fingerprint density at radius 1 is 1.36 bits per heavy atom. The molecule has 2 heteroatoms. The summed E-state index contributed by atoms with van der Waals surface area (Å²) in [7, 11) is 0. The molecule has 0 amide bonds. The van der Waals surface area contributed by atoms with Gasteiger partial charge in [0.1, 0.15) is 0 Å². The minimum Gasteiger partial charge on any atom is -0.287 e. The first-order chi connectivity index (χ1) is 6.44. The van der Waals surface area contributed by atoms with E-state index in [1.807, 2.05) is 0 Å². The first-order valence-corrected chi connectivity index (χ1v) is 5.55. The molecule has 2 rings (SSSR count). The number of fused-ring (bicyclic) bond motifs is 2. The molecule has 0 aromatic rings. The van der Waals surface area contributed by atoms with Gasteiger partial charge >= 0.3 is 0 Å². The third kappa shape index (κ3) is 1.66. The summed E-state index contributed by atoms with van der Waals surface area (Å²) in [6.07, 6.45) is 3.89. The van der Waals surface area contributed by atoms with Crippen LogP contribution in [0.5, 0.6) is 0 Å². The number of hydrogen-bond donors (Lipinski definition) is 0. The maximum atomic E-state index is 8.77. The molecule has 2 bridgehead atoms. The molecule has 2 nitrogen and oxygen atoms in total. The lowest BCUT2D eigenvalue weighted by Crippen LogP contribution is -2.34. The normalized spacial score (nSPS) is 40.9. The molecule has 2 fully saturated rings. The largest absolute Gasteiger partial charge is 0.287 e. The van der Waals surface area contributed by atoms with E-state index >= 15 is 0 Å². The van der Waals surface area contributed by atoms with Crippen LogP contribution in [0.3, 0.4) is 0 Å². The highest BCUT2D eigenvalue weighted by Crippen LogP contribution is 2.52. The fraction of sp³-hybridized carbons (Fsp3) is 0.917. The topological polar surface area (TPSA) is 27.0 Å². The second-order valence-corrected chi connectivity index (χ2v) is 6.28. The molecule has 1 saturated heterocycles. The summed E-state index contributed by atoms with van der Waals surface area (Å²) >= 11 is 0. The predicted molar refractivity (Wildman–Crippen MR) is 56.7 cm³/mol. The van der Waals surface area contributed by atoms with Crippen molar-refractivity contribution in [3.05, 3.63) is 0 Å². The van der Waals surface area contributed by atoms with Crippen LogP contribution in [0.1, 0.15) is 40.0 Å². The molecule has 1 aliphatic carbocycles. The van der Waals surface area contributed by atoms with Crippen molar-refractivity contribution in [3.8, 4) is 6.07 Å². The van der Waals surface area contributed by atoms with Crippen LogP contribution in [0.15, 0.2) is 0 Å². The molecule has 0 radical (unpaired) electrons. The first kappa shape index (κ1) is 9.98. The molecular weight excluding hydrogens is 172 g/mol. The highest BCUT2D eigenvalue weighted by atomic mass is 15.2. The molecule has 0 spiro atoms. The van der Waals surface area contributed by atoms with Gasteiger partial charge < -0.3 is 0 Å². The van der Waals surface area contributed by atoms with Crippen molar-refractivity contribution in [2.75, 3.05) is 13.1 Å². The molecule has 2 unspecified atom stereocenters. The van der Waals surface area contributed by atoms with Crippen LogP contribution in [0.2, 0.25) is 0 Å². The van der Waals surface area contributed by atoms with Gasteiger partial charge in [0.05, 0.1) is 12.6 Å². The van der Waals surface area contributed by atoms with E-state index in [-0.39, 0.29) is 0 Å². The molecule has 2 aliphatic rings. The minimum atomic E-state index is 0.474. The molecule has 78 valence electrons. The second kappa shape index (κ2) is 2.97. The maximum Gasteiger partial charge on any atom is 0.0868 e. The first-order valence-electron chi connectivity index (χ1n) is 5.55. The lowest BCUT2D eigenvalue weighted by Gasteiger charge is -2.39. The van der Waals surface area contributed by atoms with Gasteiger partial charge in [-0.1, -0.05) is 20.8 Å². The van der Waals surface area contributed by atoms with Gasteiger partial charge in [0, 0.05) is 12.6 Å². The third-order valence-corrected chi connectivity index (χ3v) is 3.80. The SMILES string of the molecule is CC1(C)CC2CC(C)(CN2CC#N)C1. The molecule has 0 N–H and O–H groups in total. The Kier molecular flexibility index (Phi) is 2.12. The summed E-state index contributed by atoms with van der Waals surface area (Å²) in [5.74, 6) is 0. The monoisotopic (exact) mass is 192 g/mol. The van der Waals surface area contributed by atoms with Crippen LogP contribution < -0.4 is 0 Å². The van der Waals surface area contributed by atoms with E-state index in [2.05, 4.69) is 31.7 Å². The van der Waals surface area contributed by atoms with Crippen LogP contribution >= 0.6 is 0 Å². The Morgan fingerprint density at radius 2 is 2.07 bits per heavy atom. The number of nitrogens with zero attached hydrogens (tertiary/aromatic N) is 2. The van der Waals surface area contributed by atoms with Crippen molar-refractivity contribution >= 4 is 0 Å². The fourth-order valence-corrected chi connectivity index (χ4v) is 3.85. The van der Waals surface area contributed by atoms with Crippen LogP contribution in [0.4, 0.5) is 0 Å². The predicted octanol–water partition coefficient (Wildman–Crippen LogP) is 2.41. The summed E-state index contributed by atoms with van der Waals surface area (Å²) in [5, 5.41) is 8.77. The smallest absolute Gasteiger partial charge is 0.0868 e. The van der Waals surface area contributed by atoms with Crippen molar-refractivity contribution in [1.29, 1.82) is 5.26 Å². The zero-order chi connectivity index (χ0) is 10.4. The van der Waals surface area contributed by atoms with Gasteiger partial charge in [0.15, 0.2) is 0 Å². The highest BCUT2D eigenvalue weighted by Gasteiger charge is 2.49. The molecule has 1 saturated carbocycles. The molecule has 2 atom stereocenters. The average Bonchev–Trinajstić information content (AvgIpc) is 2.20. The Balaban J connectivity index is 2.16. The highest BCUT2D eigenvalue weighted by molar-refractivity contribution is 5.03. The maximum absolute atomic E-state index is 8.77. The molecule has 1 heterocycles. The number of likely N-dealkylation sites (tertiary alicyclic amines) is 1. The van der Waals surface area contributed by atoms with Gasteiger partial charge in [-0.2, -0.15) is 5.26 Å². The van der Waals surface area contributed by atoms with Gasteiger partial charge in [0.25, 0.3) is 0 Å². The zero-order valence-corrected chi connectivity index (χ0v) is 9.51. The van der Waals surface area contributed by atoms with E-state index in [1.165, 1.54) is 19.3 Å². The molecule has 1 aliphatic heterocycles. The summed E-state index contributed by atoms with van der Waals surface area (Å²) in [5.41, 5.74) is 0.950. The van der Waals surface area contributed by atoms with Gasteiger partial charge in [-0.15, -0.1) is 0 Å². The molecule has 14 heavy (non-hydrogen) atoms. The lowest BCUT2D eigenvalue weighted by atomic mass is 9.65. The van der Waals surface area contributed by atoms with E-state index < -0.39 is 0 Å². The van der Waals surface area contributed by atoms with Gasteiger partial charge in [-0.05, 0) is 30.1 Å². The Bertz CT molecular complexity index is 277.